The molecule has 168 valence electrons. The smallest absolute Gasteiger partial charge is 0.412 e. The molecular formula is C23H33N5O3. The largest absolute Gasteiger partial charge is 0.481 e. The minimum Gasteiger partial charge on any atom is -0.481 e. The summed E-state index contributed by atoms with van der Waals surface area (Å²) in [5.41, 5.74) is 2.16. The summed E-state index contributed by atoms with van der Waals surface area (Å²) in [6.45, 7) is 9.47. The molecule has 1 aromatic carbocycles. The Morgan fingerprint density at radius 2 is 1.84 bits per heavy atom. The summed E-state index contributed by atoms with van der Waals surface area (Å²) in [5, 5.41) is 9.30. The molecule has 8 heteroatoms. The summed E-state index contributed by atoms with van der Waals surface area (Å²) in [5.74, 6) is 1.31. The summed E-state index contributed by atoms with van der Waals surface area (Å²) in [7, 11) is 1.60. The van der Waals surface area contributed by atoms with Crippen LogP contribution in [0.4, 0.5) is 10.5 Å². The van der Waals surface area contributed by atoms with Gasteiger partial charge in [-0.3, -0.25) is 5.32 Å². The summed E-state index contributed by atoms with van der Waals surface area (Å²) >= 11 is 0. The van der Waals surface area contributed by atoms with Crippen molar-refractivity contribution in [2.75, 3.05) is 25.5 Å². The number of nitrogens with one attached hydrogen (secondary N) is 3. The fourth-order valence-corrected chi connectivity index (χ4v) is 2.66. The van der Waals surface area contributed by atoms with Gasteiger partial charge in [-0.1, -0.05) is 18.2 Å². The second-order valence-electron chi connectivity index (χ2n) is 7.87. The maximum absolute atomic E-state index is 11.8. The van der Waals surface area contributed by atoms with Crippen LogP contribution in [-0.2, 0) is 17.7 Å². The van der Waals surface area contributed by atoms with E-state index in [0.29, 0.717) is 18.1 Å². The second kappa shape index (κ2) is 11.8. The number of nitrogens with zero attached hydrogens (tertiary/aromatic N) is 2. The Morgan fingerprint density at radius 1 is 1.10 bits per heavy atom. The number of benzene rings is 1. The predicted octanol–water partition coefficient (Wildman–Crippen LogP) is 3.74. The Labute approximate surface area is 184 Å². The van der Waals surface area contributed by atoms with Gasteiger partial charge in [0.1, 0.15) is 5.60 Å². The van der Waals surface area contributed by atoms with E-state index in [4.69, 9.17) is 9.47 Å². The molecule has 1 amide bonds. The van der Waals surface area contributed by atoms with Gasteiger partial charge in [0, 0.05) is 24.8 Å². The number of guanidine groups is 1. The van der Waals surface area contributed by atoms with Gasteiger partial charge in [0.25, 0.3) is 0 Å². The van der Waals surface area contributed by atoms with Crippen LogP contribution < -0.4 is 20.7 Å². The topological polar surface area (TPSA) is 96.9 Å². The van der Waals surface area contributed by atoms with Crippen molar-refractivity contribution < 1.29 is 14.3 Å². The van der Waals surface area contributed by atoms with Crippen molar-refractivity contribution >= 4 is 17.7 Å². The van der Waals surface area contributed by atoms with Crippen LogP contribution in [0.2, 0.25) is 0 Å². The number of carbonyl (C=O) groups excluding carboxylic acids is 1. The normalized spacial score (nSPS) is 11.6. The van der Waals surface area contributed by atoms with Crippen LogP contribution in [0.1, 0.15) is 39.0 Å². The first-order chi connectivity index (χ1) is 14.8. The standard InChI is InChI=1S/C23H33N5O3/c1-6-24-21(26-16-19-8-7-9-20(27-19)30-5)25-15-14-17-10-12-18(13-11-17)28-22(29)31-23(2,3)4/h7-13H,6,14-16H2,1-5H3,(H,28,29)(H2,24,25,26). The van der Waals surface area contributed by atoms with Crippen molar-refractivity contribution in [1.82, 2.24) is 15.6 Å². The number of methoxy groups -OCH3 is 1. The molecule has 0 aliphatic rings. The highest BCUT2D eigenvalue weighted by Crippen LogP contribution is 2.13. The van der Waals surface area contributed by atoms with E-state index in [1.54, 1.807) is 7.11 Å². The molecule has 0 bridgehead atoms. The lowest BCUT2D eigenvalue weighted by atomic mass is 10.1. The number of anilines is 1. The van der Waals surface area contributed by atoms with Gasteiger partial charge >= 0.3 is 6.09 Å². The Morgan fingerprint density at radius 3 is 2.48 bits per heavy atom. The molecule has 0 saturated carbocycles. The third-order valence-electron chi connectivity index (χ3n) is 4.04. The van der Waals surface area contributed by atoms with Crippen molar-refractivity contribution in [3.8, 4) is 5.88 Å². The average Bonchev–Trinajstić information content (AvgIpc) is 2.72. The first-order valence-electron chi connectivity index (χ1n) is 10.4. The number of ether oxygens (including phenoxy) is 2. The highest BCUT2D eigenvalue weighted by Gasteiger charge is 2.16. The van der Waals surface area contributed by atoms with Crippen LogP contribution in [-0.4, -0.2) is 42.8 Å². The highest BCUT2D eigenvalue weighted by atomic mass is 16.6. The van der Waals surface area contributed by atoms with Gasteiger partial charge in [-0.25, -0.2) is 14.8 Å². The first-order valence-corrected chi connectivity index (χ1v) is 10.4. The van der Waals surface area contributed by atoms with Crippen LogP contribution >= 0.6 is 0 Å². The number of aliphatic imine (C=N–C) groups is 1. The monoisotopic (exact) mass is 427 g/mol. The van der Waals surface area contributed by atoms with Gasteiger partial charge < -0.3 is 20.1 Å². The molecule has 0 fully saturated rings. The molecule has 0 aliphatic carbocycles. The van der Waals surface area contributed by atoms with E-state index < -0.39 is 11.7 Å². The molecule has 0 atom stereocenters. The van der Waals surface area contributed by atoms with Gasteiger partial charge in [-0.2, -0.15) is 0 Å². The molecule has 2 aromatic rings. The SMILES string of the molecule is CCNC(=NCc1cccc(OC)n1)NCCc1ccc(NC(=O)OC(C)(C)C)cc1. The molecule has 0 unspecified atom stereocenters. The zero-order valence-electron chi connectivity index (χ0n) is 19.0. The van der Waals surface area contributed by atoms with Crippen LogP contribution in [0.25, 0.3) is 0 Å². The summed E-state index contributed by atoms with van der Waals surface area (Å²) < 4.78 is 10.4. The molecule has 1 aromatic heterocycles. The summed E-state index contributed by atoms with van der Waals surface area (Å²) in [4.78, 5) is 20.8. The predicted molar refractivity (Wildman–Crippen MR) is 124 cm³/mol. The molecule has 2 rings (SSSR count). The van der Waals surface area contributed by atoms with Crippen molar-refractivity contribution in [2.45, 2.75) is 46.3 Å². The minimum atomic E-state index is -0.524. The third-order valence-corrected chi connectivity index (χ3v) is 4.04. The minimum absolute atomic E-state index is 0.456. The highest BCUT2D eigenvalue weighted by molar-refractivity contribution is 5.84. The van der Waals surface area contributed by atoms with Crippen LogP contribution in [0.3, 0.4) is 0 Å². The maximum atomic E-state index is 11.8. The number of rotatable bonds is 8. The average molecular weight is 428 g/mol. The van der Waals surface area contributed by atoms with Gasteiger partial charge in [0.15, 0.2) is 5.96 Å². The molecule has 8 nitrogen and oxygen atoms in total. The fraction of sp³-hybridized carbons (Fsp3) is 0.435. The Kier molecular flexibility index (Phi) is 9.12. The summed E-state index contributed by atoms with van der Waals surface area (Å²) in [6.07, 6.45) is 0.355. The van der Waals surface area contributed by atoms with E-state index in [9.17, 15) is 4.79 Å². The van der Waals surface area contributed by atoms with Crippen LogP contribution in [0, 0.1) is 0 Å². The quantitative estimate of drug-likeness (QED) is 0.439. The summed E-state index contributed by atoms with van der Waals surface area (Å²) in [6, 6.07) is 13.3. The zero-order valence-corrected chi connectivity index (χ0v) is 19.0. The van der Waals surface area contributed by atoms with Gasteiger partial charge in [0.2, 0.25) is 5.88 Å². The number of amides is 1. The van der Waals surface area contributed by atoms with E-state index in [1.807, 2.05) is 70.2 Å². The number of pyridine rings is 1. The lowest BCUT2D eigenvalue weighted by Gasteiger charge is -2.19. The van der Waals surface area contributed by atoms with E-state index in [0.717, 1.165) is 36.7 Å². The molecule has 3 N–H and O–H groups in total. The Hall–Kier alpha value is -3.29. The van der Waals surface area contributed by atoms with Crippen molar-refractivity contribution in [3.05, 3.63) is 53.7 Å². The second-order valence-corrected chi connectivity index (χ2v) is 7.87. The Bertz CT molecular complexity index is 860. The van der Waals surface area contributed by atoms with Crippen LogP contribution in [0.5, 0.6) is 5.88 Å². The van der Waals surface area contributed by atoms with E-state index in [-0.39, 0.29) is 0 Å². The third kappa shape index (κ3) is 9.37. The lowest BCUT2D eigenvalue weighted by molar-refractivity contribution is 0.0636. The van der Waals surface area contributed by atoms with Gasteiger partial charge in [0.05, 0.1) is 19.3 Å². The number of carbonyl (C=O) groups is 1. The van der Waals surface area contributed by atoms with Gasteiger partial charge in [-0.15, -0.1) is 0 Å². The lowest BCUT2D eigenvalue weighted by Crippen LogP contribution is -2.38. The molecule has 0 radical (unpaired) electrons. The molecule has 0 saturated heterocycles. The van der Waals surface area contributed by atoms with Crippen LogP contribution in [0.15, 0.2) is 47.5 Å². The number of aromatic nitrogens is 1. The number of hydrogen-bond acceptors (Lipinski definition) is 5. The fourth-order valence-electron chi connectivity index (χ4n) is 2.66. The Balaban J connectivity index is 1.84. The maximum Gasteiger partial charge on any atom is 0.412 e. The van der Waals surface area contributed by atoms with E-state index in [1.165, 1.54) is 0 Å². The zero-order chi connectivity index (χ0) is 22.7. The van der Waals surface area contributed by atoms with Crippen molar-refractivity contribution in [2.24, 2.45) is 4.99 Å². The molecule has 0 spiro atoms. The molecular weight excluding hydrogens is 394 g/mol. The molecule has 1 heterocycles. The molecule has 31 heavy (non-hydrogen) atoms. The van der Waals surface area contributed by atoms with E-state index >= 15 is 0 Å². The van der Waals surface area contributed by atoms with E-state index in [2.05, 4.69) is 25.9 Å². The number of hydrogen-bond donors (Lipinski definition) is 3. The van der Waals surface area contributed by atoms with Crippen molar-refractivity contribution in [3.63, 3.8) is 0 Å². The van der Waals surface area contributed by atoms with Gasteiger partial charge in [-0.05, 0) is 57.9 Å². The first kappa shape index (κ1) is 24.0. The molecule has 0 aliphatic heterocycles. The van der Waals surface area contributed by atoms with Crippen molar-refractivity contribution in [1.29, 1.82) is 0 Å².